The van der Waals surface area contributed by atoms with Crippen molar-refractivity contribution in [1.82, 2.24) is 15.2 Å². The molecule has 5 rings (SSSR count). The second-order valence-electron chi connectivity index (χ2n) is 6.37. The highest BCUT2D eigenvalue weighted by molar-refractivity contribution is 8.15. The number of anilines is 1. The Morgan fingerprint density at radius 3 is 2.81 bits per heavy atom. The number of carbonyl (C=O) groups excluding carboxylic acids is 1. The smallest absolute Gasteiger partial charge is 0.243 e. The molecule has 0 radical (unpaired) electrons. The third kappa shape index (κ3) is 2.76. The predicted octanol–water partition coefficient (Wildman–Crippen LogP) is 4.19. The highest BCUT2D eigenvalue weighted by Gasteiger charge is 2.30. The lowest BCUT2D eigenvalue weighted by Gasteiger charge is -2.15. The highest BCUT2D eigenvalue weighted by Crippen LogP contribution is 2.31. The lowest BCUT2D eigenvalue weighted by molar-refractivity contribution is -0.115. The average Bonchev–Trinajstić information content (AvgIpc) is 3.24. The van der Waals surface area contributed by atoms with Gasteiger partial charge in [-0.1, -0.05) is 47.7 Å². The van der Waals surface area contributed by atoms with Crippen molar-refractivity contribution in [3.63, 3.8) is 0 Å². The number of aryl methyl sites for hydroxylation is 1. The van der Waals surface area contributed by atoms with Crippen LogP contribution in [0.25, 0.3) is 21.9 Å². The van der Waals surface area contributed by atoms with E-state index in [4.69, 9.17) is 0 Å². The van der Waals surface area contributed by atoms with Crippen molar-refractivity contribution in [3.8, 4) is 0 Å². The van der Waals surface area contributed by atoms with Crippen LogP contribution in [0, 0.1) is 6.92 Å². The van der Waals surface area contributed by atoms with Crippen molar-refractivity contribution in [2.45, 2.75) is 6.92 Å². The van der Waals surface area contributed by atoms with Crippen LogP contribution in [0.15, 0.2) is 59.6 Å². The van der Waals surface area contributed by atoms with Crippen molar-refractivity contribution in [3.05, 3.63) is 60.2 Å². The van der Waals surface area contributed by atoms with Crippen LogP contribution in [0.1, 0.15) is 5.56 Å². The first kappa shape index (κ1) is 16.0. The number of pyridine rings is 1. The monoisotopic (exact) mass is 373 g/mol. The Kier molecular flexibility index (Phi) is 3.68. The van der Waals surface area contributed by atoms with E-state index in [9.17, 15) is 4.79 Å². The molecular formula is C20H15N5OS. The fourth-order valence-corrected chi connectivity index (χ4v) is 3.98. The molecule has 27 heavy (non-hydrogen) atoms. The number of fused-ring (bicyclic) bond motifs is 2. The Hall–Kier alpha value is -3.19. The Bertz CT molecular complexity index is 1210. The number of amidine groups is 1. The Morgan fingerprint density at radius 1 is 1.15 bits per heavy atom. The number of hydrogen-bond donors (Lipinski definition) is 1. The number of thioether (sulfide) groups is 1. The average molecular weight is 373 g/mol. The van der Waals surface area contributed by atoms with E-state index in [1.54, 1.807) is 4.90 Å². The zero-order chi connectivity index (χ0) is 18.4. The van der Waals surface area contributed by atoms with Crippen LogP contribution in [0.4, 0.5) is 11.5 Å². The predicted molar refractivity (Wildman–Crippen MR) is 110 cm³/mol. The van der Waals surface area contributed by atoms with Crippen LogP contribution >= 0.6 is 11.8 Å². The molecule has 0 unspecified atom stereocenters. The molecule has 1 saturated heterocycles. The van der Waals surface area contributed by atoms with Gasteiger partial charge < -0.3 is 0 Å². The molecule has 0 atom stereocenters. The molecular weight excluding hydrogens is 358 g/mol. The van der Waals surface area contributed by atoms with Gasteiger partial charge in [-0.05, 0) is 31.2 Å². The maximum Gasteiger partial charge on any atom is 0.243 e. The number of para-hydroxylation sites is 1. The zero-order valence-corrected chi connectivity index (χ0v) is 15.3. The summed E-state index contributed by atoms with van der Waals surface area (Å²) in [7, 11) is 0. The summed E-state index contributed by atoms with van der Waals surface area (Å²) in [5, 5.41) is 9.76. The topological polar surface area (TPSA) is 74.2 Å². The highest BCUT2D eigenvalue weighted by atomic mass is 32.2. The second kappa shape index (κ2) is 6.21. The molecule has 1 amide bonds. The van der Waals surface area contributed by atoms with E-state index >= 15 is 0 Å². The first-order valence-electron chi connectivity index (χ1n) is 8.54. The van der Waals surface area contributed by atoms with E-state index < -0.39 is 0 Å². The molecule has 2 aromatic heterocycles. The summed E-state index contributed by atoms with van der Waals surface area (Å²) in [6.07, 6.45) is 0. The third-order valence-electron chi connectivity index (χ3n) is 4.49. The van der Waals surface area contributed by atoms with Crippen LogP contribution < -0.4 is 4.90 Å². The molecule has 0 spiro atoms. The quantitative estimate of drug-likeness (QED) is 0.572. The molecule has 132 valence electrons. The molecule has 3 heterocycles. The lowest BCUT2D eigenvalue weighted by Crippen LogP contribution is -2.29. The molecule has 0 aliphatic carbocycles. The van der Waals surface area contributed by atoms with Crippen molar-refractivity contribution < 1.29 is 4.79 Å². The molecule has 4 aromatic rings. The molecule has 1 N–H and O–H groups in total. The van der Waals surface area contributed by atoms with Gasteiger partial charge in [-0.2, -0.15) is 5.10 Å². The molecule has 1 fully saturated rings. The van der Waals surface area contributed by atoms with Gasteiger partial charge in [0.15, 0.2) is 16.6 Å². The van der Waals surface area contributed by atoms with E-state index in [0.29, 0.717) is 22.4 Å². The van der Waals surface area contributed by atoms with E-state index in [1.165, 1.54) is 11.8 Å². The van der Waals surface area contributed by atoms with Gasteiger partial charge in [0.25, 0.3) is 0 Å². The van der Waals surface area contributed by atoms with Crippen LogP contribution in [0.5, 0.6) is 0 Å². The molecule has 1 aliphatic heterocycles. The van der Waals surface area contributed by atoms with Crippen molar-refractivity contribution in [1.29, 1.82) is 0 Å². The second-order valence-corrected chi connectivity index (χ2v) is 7.31. The van der Waals surface area contributed by atoms with Gasteiger partial charge in [-0.3, -0.25) is 14.8 Å². The SMILES string of the molecule is Cc1ccc(N2C(=O)CSC2=Nc2n[nH]c3nc4ccccc4cc23)cc1. The molecule has 0 saturated carbocycles. The number of amides is 1. The minimum atomic E-state index is 0.0195. The summed E-state index contributed by atoms with van der Waals surface area (Å²) in [4.78, 5) is 23.4. The van der Waals surface area contributed by atoms with Gasteiger partial charge in [0, 0.05) is 5.39 Å². The summed E-state index contributed by atoms with van der Waals surface area (Å²) in [5.41, 5.74) is 3.55. The van der Waals surface area contributed by atoms with E-state index in [1.807, 2.05) is 61.5 Å². The number of carbonyl (C=O) groups is 1. The fourth-order valence-electron chi connectivity index (χ4n) is 3.11. The van der Waals surface area contributed by atoms with E-state index in [2.05, 4.69) is 20.2 Å². The van der Waals surface area contributed by atoms with Gasteiger partial charge in [-0.25, -0.2) is 9.98 Å². The number of H-pyrrole nitrogens is 1. The number of rotatable bonds is 2. The minimum absolute atomic E-state index is 0.0195. The van der Waals surface area contributed by atoms with Gasteiger partial charge >= 0.3 is 0 Å². The Labute approximate surface area is 159 Å². The van der Waals surface area contributed by atoms with Crippen molar-refractivity contribution in [2.24, 2.45) is 4.99 Å². The van der Waals surface area contributed by atoms with Crippen molar-refractivity contribution >= 4 is 56.3 Å². The Balaban J connectivity index is 1.61. The first-order valence-corrected chi connectivity index (χ1v) is 9.52. The van der Waals surface area contributed by atoms with Crippen LogP contribution in [-0.4, -0.2) is 32.0 Å². The maximum atomic E-state index is 12.4. The molecule has 2 aromatic carbocycles. The lowest BCUT2D eigenvalue weighted by atomic mass is 10.2. The zero-order valence-electron chi connectivity index (χ0n) is 14.5. The van der Waals surface area contributed by atoms with Crippen molar-refractivity contribution in [2.75, 3.05) is 10.7 Å². The third-order valence-corrected chi connectivity index (χ3v) is 5.42. The van der Waals surface area contributed by atoms with Gasteiger partial charge in [0.2, 0.25) is 5.91 Å². The summed E-state index contributed by atoms with van der Waals surface area (Å²) in [6, 6.07) is 17.8. The van der Waals surface area contributed by atoms with Crippen LogP contribution in [-0.2, 0) is 4.79 Å². The molecule has 1 aliphatic rings. The molecule has 0 bridgehead atoms. The van der Waals surface area contributed by atoms with E-state index in [0.717, 1.165) is 27.5 Å². The minimum Gasteiger partial charge on any atom is -0.273 e. The van der Waals surface area contributed by atoms with Gasteiger partial charge in [0.1, 0.15) is 0 Å². The van der Waals surface area contributed by atoms with Gasteiger partial charge in [0.05, 0.1) is 22.3 Å². The summed E-state index contributed by atoms with van der Waals surface area (Å²) in [6.45, 7) is 2.02. The summed E-state index contributed by atoms with van der Waals surface area (Å²) < 4.78 is 0. The number of nitrogens with zero attached hydrogens (tertiary/aromatic N) is 4. The number of aliphatic imine (C=N–C) groups is 1. The van der Waals surface area contributed by atoms with E-state index in [-0.39, 0.29) is 5.91 Å². The number of aromatic nitrogens is 3. The largest absolute Gasteiger partial charge is 0.273 e. The van der Waals surface area contributed by atoms with Crippen LogP contribution in [0.2, 0.25) is 0 Å². The summed E-state index contributed by atoms with van der Waals surface area (Å²) >= 11 is 1.42. The van der Waals surface area contributed by atoms with Crippen LogP contribution in [0.3, 0.4) is 0 Å². The number of hydrogen-bond acceptors (Lipinski definition) is 5. The molecule has 7 heteroatoms. The Morgan fingerprint density at radius 2 is 1.96 bits per heavy atom. The number of aromatic amines is 1. The maximum absolute atomic E-state index is 12.4. The van der Waals surface area contributed by atoms with Gasteiger partial charge in [-0.15, -0.1) is 0 Å². The number of nitrogens with one attached hydrogen (secondary N) is 1. The summed E-state index contributed by atoms with van der Waals surface area (Å²) in [5.74, 6) is 0.930. The molecule has 6 nitrogen and oxygen atoms in total. The first-order chi connectivity index (χ1) is 13.2. The number of benzene rings is 2. The fraction of sp³-hybridized carbons (Fsp3) is 0.100. The standard InChI is InChI=1S/C20H15N5OS/c1-12-6-8-14(9-7-12)25-17(26)11-27-20(25)22-19-15-10-13-4-2-3-5-16(13)21-18(15)23-24-19/h2-10H,11H2,1H3,(H,21,23,24). The normalized spacial score (nSPS) is 16.1.